The molecule has 0 bridgehead atoms. The van der Waals surface area contributed by atoms with Gasteiger partial charge in [0, 0.05) is 0 Å². The van der Waals surface area contributed by atoms with Crippen LogP contribution in [0.25, 0.3) is 0 Å². The Morgan fingerprint density at radius 1 is 1.20 bits per heavy atom. The van der Waals surface area contributed by atoms with Crippen molar-refractivity contribution in [3.8, 4) is 0 Å². The van der Waals surface area contributed by atoms with Crippen molar-refractivity contribution < 1.29 is 20.8 Å². The molecule has 0 radical (unpaired) electrons. The van der Waals surface area contributed by atoms with E-state index in [1.54, 1.807) is 6.92 Å². The molecular formula is C8H15FeO. The zero-order chi connectivity index (χ0) is 7.82. The fourth-order valence-corrected chi connectivity index (χ4v) is 1.09. The van der Waals surface area contributed by atoms with Crippen LogP contribution >= 0.6 is 0 Å². The first-order valence-electron chi connectivity index (χ1n) is 3.81. The minimum absolute atomic E-state index is 0.314. The quantitative estimate of drug-likeness (QED) is 0.456. The Balaban J connectivity index is 2.84. The third kappa shape index (κ3) is 8.19. The van der Waals surface area contributed by atoms with Crippen LogP contribution in [-0.2, 0) is 20.8 Å². The van der Waals surface area contributed by atoms with Gasteiger partial charge < -0.3 is 0 Å². The average molecular weight is 183 g/mol. The van der Waals surface area contributed by atoms with E-state index < -0.39 is 0 Å². The van der Waals surface area contributed by atoms with Gasteiger partial charge in [-0.1, -0.05) is 0 Å². The van der Waals surface area contributed by atoms with Crippen molar-refractivity contribution in [2.75, 3.05) is 0 Å². The molecule has 10 heavy (non-hydrogen) atoms. The van der Waals surface area contributed by atoms with Crippen molar-refractivity contribution in [3.63, 3.8) is 0 Å². The van der Waals surface area contributed by atoms with E-state index in [0.29, 0.717) is 5.78 Å². The van der Waals surface area contributed by atoms with Gasteiger partial charge in [-0.05, 0) is 0 Å². The number of Topliss-reactive ketones (excluding diaryl/α,β-unsaturated/α-hetero) is 1. The summed E-state index contributed by atoms with van der Waals surface area (Å²) in [6, 6.07) is 0. The van der Waals surface area contributed by atoms with Crippen molar-refractivity contribution in [2.45, 2.75) is 44.3 Å². The summed E-state index contributed by atoms with van der Waals surface area (Å²) in [5.41, 5.74) is 0. The van der Waals surface area contributed by atoms with Gasteiger partial charge in [0.15, 0.2) is 0 Å². The van der Waals surface area contributed by atoms with E-state index in [9.17, 15) is 4.79 Å². The Morgan fingerprint density at radius 3 is 2.30 bits per heavy atom. The Bertz CT molecular complexity index is 91.3. The second-order valence-corrected chi connectivity index (χ2v) is 3.10. The number of hydrogen-bond donors (Lipinski definition) is 0. The number of carbonyl (C=O) groups excluding carboxylic acids is 1. The SMILES string of the molecule is CC(=O)CCCCC[CH2][Fe]. The van der Waals surface area contributed by atoms with E-state index >= 15 is 0 Å². The molecule has 0 fully saturated rings. The molecule has 0 aliphatic heterocycles. The van der Waals surface area contributed by atoms with Crippen LogP contribution < -0.4 is 0 Å². The molecule has 0 spiro atoms. The predicted octanol–water partition coefficient (Wildman–Crippen LogP) is 2.49. The molecule has 0 aromatic carbocycles. The fraction of sp³-hybridized carbons (Fsp3) is 0.875. The van der Waals surface area contributed by atoms with Crippen molar-refractivity contribution in [2.24, 2.45) is 0 Å². The number of carbonyl (C=O) groups is 1. The summed E-state index contributed by atoms with van der Waals surface area (Å²) in [5, 5.41) is 1.03. The number of ketones is 1. The monoisotopic (exact) mass is 183 g/mol. The van der Waals surface area contributed by atoms with Crippen LogP contribution in [0.5, 0.6) is 0 Å². The van der Waals surface area contributed by atoms with Crippen LogP contribution in [0, 0.1) is 0 Å². The Morgan fingerprint density at radius 2 is 1.80 bits per heavy atom. The Labute approximate surface area is 71.4 Å². The number of unbranched alkanes of at least 4 members (excludes halogenated alkanes) is 3. The van der Waals surface area contributed by atoms with Crippen molar-refractivity contribution >= 4 is 5.78 Å². The summed E-state index contributed by atoms with van der Waals surface area (Å²) in [5.74, 6) is 0.314. The molecule has 0 aromatic rings. The summed E-state index contributed by atoms with van der Waals surface area (Å²) in [7, 11) is 0. The van der Waals surface area contributed by atoms with Crippen molar-refractivity contribution in [1.29, 1.82) is 0 Å². The third-order valence-electron chi connectivity index (χ3n) is 1.40. The normalized spacial score (nSPS) is 9.80. The first kappa shape index (κ1) is 10.2. The van der Waals surface area contributed by atoms with Crippen LogP contribution in [0.3, 0.4) is 0 Å². The van der Waals surface area contributed by atoms with Crippen LogP contribution in [0.1, 0.15) is 39.0 Å². The van der Waals surface area contributed by atoms with E-state index in [-0.39, 0.29) is 0 Å². The van der Waals surface area contributed by atoms with Gasteiger partial charge in [-0.2, -0.15) is 0 Å². The molecule has 0 saturated carbocycles. The van der Waals surface area contributed by atoms with Gasteiger partial charge in [-0.25, -0.2) is 0 Å². The molecule has 0 amide bonds. The maximum absolute atomic E-state index is 10.5. The topological polar surface area (TPSA) is 17.1 Å². The molecule has 0 rings (SSSR count). The van der Waals surface area contributed by atoms with E-state index in [1.807, 2.05) is 0 Å². The second-order valence-electron chi connectivity index (χ2n) is 2.54. The van der Waals surface area contributed by atoms with E-state index in [0.717, 1.165) is 18.2 Å². The molecule has 0 aliphatic rings. The molecule has 61 valence electrons. The Kier molecular flexibility index (Phi) is 7.44. The van der Waals surface area contributed by atoms with Gasteiger partial charge in [-0.3, -0.25) is 0 Å². The molecule has 0 heterocycles. The summed E-state index contributed by atoms with van der Waals surface area (Å²) >= 11 is 3.75. The van der Waals surface area contributed by atoms with Gasteiger partial charge in [0.1, 0.15) is 0 Å². The molecule has 0 atom stereocenters. The molecule has 0 N–H and O–H groups in total. The van der Waals surface area contributed by atoms with Crippen molar-refractivity contribution in [3.05, 3.63) is 0 Å². The molecule has 2 heteroatoms. The molecular weight excluding hydrogens is 168 g/mol. The third-order valence-corrected chi connectivity index (χ3v) is 1.79. The summed E-state index contributed by atoms with van der Waals surface area (Å²) < 4.78 is 0. The molecule has 0 aromatic heterocycles. The molecule has 1 nitrogen and oxygen atoms in total. The molecule has 0 unspecified atom stereocenters. The van der Waals surface area contributed by atoms with Crippen molar-refractivity contribution in [1.82, 2.24) is 0 Å². The molecule has 0 aliphatic carbocycles. The zero-order valence-electron chi connectivity index (χ0n) is 6.50. The summed E-state index contributed by atoms with van der Waals surface area (Å²) in [4.78, 5) is 10.5. The zero-order valence-corrected chi connectivity index (χ0v) is 7.61. The summed E-state index contributed by atoms with van der Waals surface area (Å²) in [6.07, 6.45) is 5.45. The summed E-state index contributed by atoms with van der Waals surface area (Å²) in [6.45, 7) is 1.65. The van der Waals surface area contributed by atoms with Gasteiger partial charge in [0.2, 0.25) is 0 Å². The van der Waals surface area contributed by atoms with Crippen LogP contribution in [0.4, 0.5) is 0 Å². The number of rotatable bonds is 6. The van der Waals surface area contributed by atoms with Crippen LogP contribution in [0.15, 0.2) is 0 Å². The maximum atomic E-state index is 10.5. The van der Waals surface area contributed by atoms with Gasteiger partial charge in [-0.15, -0.1) is 0 Å². The first-order chi connectivity index (χ1) is 4.77. The number of hydrogen-bond acceptors (Lipinski definition) is 1. The van der Waals surface area contributed by atoms with Crippen LogP contribution in [-0.4, -0.2) is 5.78 Å². The fourth-order valence-electron chi connectivity index (χ4n) is 0.816. The standard InChI is InChI=1S/C8H15O.Fe/c1-3-4-5-6-7-8(2)9;/h1,3-7H2,2H3;. The molecule has 0 saturated heterocycles. The average Bonchev–Trinajstić information content (AvgIpc) is 1.87. The van der Waals surface area contributed by atoms with Gasteiger partial charge in [0.25, 0.3) is 0 Å². The van der Waals surface area contributed by atoms with E-state index in [1.165, 1.54) is 19.3 Å². The second kappa shape index (κ2) is 7.30. The van der Waals surface area contributed by atoms with Gasteiger partial charge >= 0.3 is 70.9 Å². The van der Waals surface area contributed by atoms with Gasteiger partial charge in [0.05, 0.1) is 0 Å². The first-order valence-corrected chi connectivity index (χ1v) is 4.59. The minimum atomic E-state index is 0.314. The van der Waals surface area contributed by atoms with Crippen LogP contribution in [0.2, 0.25) is 5.32 Å². The predicted molar refractivity (Wildman–Crippen MR) is 38.6 cm³/mol. The van der Waals surface area contributed by atoms with E-state index in [4.69, 9.17) is 0 Å². The Hall–Kier alpha value is 0.189. The van der Waals surface area contributed by atoms with E-state index in [2.05, 4.69) is 16.0 Å².